The molecule has 0 spiro atoms. The van der Waals surface area contributed by atoms with Crippen molar-refractivity contribution < 1.29 is 4.42 Å². The summed E-state index contributed by atoms with van der Waals surface area (Å²) in [6.45, 7) is 0. The monoisotopic (exact) mass is 617 g/mol. The number of fused-ring (bicyclic) bond motifs is 8. The van der Waals surface area contributed by atoms with E-state index in [0.29, 0.717) is 0 Å². The highest BCUT2D eigenvalue weighted by Gasteiger charge is 2.25. The molecular weight excluding hydrogens is 591 g/mol. The second kappa shape index (κ2) is 10.3. The van der Waals surface area contributed by atoms with E-state index in [-0.39, 0.29) is 0 Å². The standard InChI is InChI=1S/C44H27NOS/c1-3-14-32-28(11-1)13-9-18-33(32)29-23-25-31(26-24-29)45(38-20-10-19-36-35-16-6-8-22-41(35)47-44(36)38)43-34-15-4-2-12-30(34)27-40-42(43)37-17-5-7-21-39(37)46-40/h1-27H. The van der Waals surface area contributed by atoms with Crippen molar-refractivity contribution in [2.75, 3.05) is 4.90 Å². The molecule has 0 N–H and O–H groups in total. The Morgan fingerprint density at radius 3 is 2.00 bits per heavy atom. The lowest BCUT2D eigenvalue weighted by molar-refractivity contribution is 0.669. The number of benzene rings is 8. The average Bonchev–Trinajstić information content (AvgIpc) is 3.70. The summed E-state index contributed by atoms with van der Waals surface area (Å²) < 4.78 is 9.11. The number of furan rings is 1. The summed E-state index contributed by atoms with van der Waals surface area (Å²) in [5.74, 6) is 0. The Morgan fingerprint density at radius 2 is 1.13 bits per heavy atom. The van der Waals surface area contributed by atoms with Gasteiger partial charge in [0.15, 0.2) is 0 Å². The van der Waals surface area contributed by atoms with Gasteiger partial charge >= 0.3 is 0 Å². The molecule has 0 aliphatic carbocycles. The third kappa shape index (κ3) is 4.04. The van der Waals surface area contributed by atoms with Crippen LogP contribution in [0.5, 0.6) is 0 Å². The molecule has 0 unspecified atom stereocenters. The molecule has 0 radical (unpaired) electrons. The fourth-order valence-corrected chi connectivity index (χ4v) is 8.53. The molecule has 0 atom stereocenters. The van der Waals surface area contributed by atoms with Crippen LogP contribution in [-0.4, -0.2) is 0 Å². The molecule has 0 saturated heterocycles. The molecule has 47 heavy (non-hydrogen) atoms. The van der Waals surface area contributed by atoms with Crippen LogP contribution < -0.4 is 4.90 Å². The summed E-state index contributed by atoms with van der Waals surface area (Å²) in [5.41, 5.74) is 7.60. The van der Waals surface area contributed by atoms with Crippen LogP contribution in [0.4, 0.5) is 17.1 Å². The third-order valence-electron chi connectivity index (χ3n) is 9.44. The lowest BCUT2D eigenvalue weighted by Gasteiger charge is -2.28. The van der Waals surface area contributed by atoms with Crippen molar-refractivity contribution in [1.29, 1.82) is 0 Å². The van der Waals surface area contributed by atoms with Gasteiger partial charge in [0.2, 0.25) is 0 Å². The first kappa shape index (κ1) is 26.3. The topological polar surface area (TPSA) is 16.4 Å². The highest BCUT2D eigenvalue weighted by atomic mass is 32.1. The van der Waals surface area contributed by atoms with Crippen molar-refractivity contribution in [3.05, 3.63) is 164 Å². The average molecular weight is 618 g/mol. The van der Waals surface area contributed by atoms with Crippen molar-refractivity contribution in [1.82, 2.24) is 0 Å². The molecule has 3 heteroatoms. The van der Waals surface area contributed by atoms with E-state index in [1.807, 2.05) is 17.4 Å². The maximum Gasteiger partial charge on any atom is 0.138 e. The highest BCUT2D eigenvalue weighted by molar-refractivity contribution is 7.26. The summed E-state index contributed by atoms with van der Waals surface area (Å²) >= 11 is 1.86. The molecule has 2 nitrogen and oxygen atoms in total. The minimum Gasteiger partial charge on any atom is -0.456 e. The molecule has 10 aromatic rings. The number of thiophene rings is 1. The minimum atomic E-state index is 0.890. The van der Waals surface area contributed by atoms with Gasteiger partial charge < -0.3 is 9.32 Å². The Hall–Kier alpha value is -5.90. The largest absolute Gasteiger partial charge is 0.456 e. The van der Waals surface area contributed by atoms with E-state index in [1.54, 1.807) is 0 Å². The smallest absolute Gasteiger partial charge is 0.138 e. The molecule has 0 aliphatic rings. The Labute approximate surface area is 275 Å². The summed E-state index contributed by atoms with van der Waals surface area (Å²) in [6, 6.07) is 59.0. The summed E-state index contributed by atoms with van der Waals surface area (Å²) in [6.07, 6.45) is 0. The molecule has 2 aromatic heterocycles. The number of anilines is 3. The molecule has 220 valence electrons. The van der Waals surface area contributed by atoms with Gasteiger partial charge in [0.05, 0.1) is 21.5 Å². The summed E-state index contributed by atoms with van der Waals surface area (Å²) in [4.78, 5) is 2.47. The van der Waals surface area contributed by atoms with E-state index >= 15 is 0 Å². The summed E-state index contributed by atoms with van der Waals surface area (Å²) in [5, 5.41) is 9.64. The third-order valence-corrected chi connectivity index (χ3v) is 10.6. The predicted molar refractivity (Wildman–Crippen MR) is 202 cm³/mol. The number of para-hydroxylation sites is 1. The SMILES string of the molecule is c1ccc2c(-c3ccc(N(c4cccc5c4sc4ccccc45)c4c5ccccc5cc5oc6ccccc6c45)cc3)cccc2c1. The molecule has 8 aromatic carbocycles. The number of nitrogens with zero attached hydrogens (tertiary/aromatic N) is 1. The molecule has 0 bridgehead atoms. The first-order valence-corrected chi connectivity index (χ1v) is 16.7. The fraction of sp³-hybridized carbons (Fsp3) is 0. The quantitative estimate of drug-likeness (QED) is 0.195. The fourth-order valence-electron chi connectivity index (χ4n) is 7.32. The van der Waals surface area contributed by atoms with Gasteiger partial charge in [-0.05, 0) is 63.7 Å². The second-order valence-electron chi connectivity index (χ2n) is 12.1. The van der Waals surface area contributed by atoms with Crippen LogP contribution in [-0.2, 0) is 0 Å². The summed E-state index contributed by atoms with van der Waals surface area (Å²) in [7, 11) is 0. The zero-order valence-electron chi connectivity index (χ0n) is 25.4. The predicted octanol–water partition coefficient (Wildman–Crippen LogP) is 13.4. The molecule has 0 saturated carbocycles. The van der Waals surface area contributed by atoms with Crippen LogP contribution in [0.2, 0.25) is 0 Å². The van der Waals surface area contributed by atoms with Gasteiger partial charge in [-0.25, -0.2) is 0 Å². The molecule has 10 rings (SSSR count). The first-order valence-electron chi connectivity index (χ1n) is 15.9. The Bertz CT molecular complexity index is 2800. The lowest BCUT2D eigenvalue weighted by Crippen LogP contribution is -2.11. The van der Waals surface area contributed by atoms with Crippen molar-refractivity contribution in [2.24, 2.45) is 0 Å². The molecule has 0 fully saturated rings. The van der Waals surface area contributed by atoms with E-state index in [4.69, 9.17) is 4.42 Å². The van der Waals surface area contributed by atoms with Gasteiger partial charge in [-0.15, -0.1) is 11.3 Å². The minimum absolute atomic E-state index is 0.890. The van der Waals surface area contributed by atoms with E-state index in [1.165, 1.54) is 47.5 Å². The van der Waals surface area contributed by atoms with Crippen LogP contribution in [0.1, 0.15) is 0 Å². The Balaban J connectivity index is 1.30. The molecule has 0 aliphatic heterocycles. The normalized spacial score (nSPS) is 11.8. The molecular formula is C44H27NOS. The van der Waals surface area contributed by atoms with Gasteiger partial charge in [0.25, 0.3) is 0 Å². The van der Waals surface area contributed by atoms with E-state index < -0.39 is 0 Å². The second-order valence-corrected chi connectivity index (χ2v) is 13.1. The van der Waals surface area contributed by atoms with E-state index in [2.05, 4.69) is 163 Å². The van der Waals surface area contributed by atoms with E-state index in [9.17, 15) is 0 Å². The zero-order chi connectivity index (χ0) is 30.9. The van der Waals surface area contributed by atoms with Crippen molar-refractivity contribution in [2.45, 2.75) is 0 Å². The van der Waals surface area contributed by atoms with Gasteiger partial charge in [-0.1, -0.05) is 127 Å². The Morgan fingerprint density at radius 1 is 0.468 bits per heavy atom. The molecule has 0 amide bonds. The van der Waals surface area contributed by atoms with Crippen LogP contribution >= 0.6 is 11.3 Å². The van der Waals surface area contributed by atoms with Crippen LogP contribution in [0.25, 0.3) is 74.8 Å². The van der Waals surface area contributed by atoms with Gasteiger partial charge in [0.1, 0.15) is 11.2 Å². The van der Waals surface area contributed by atoms with Crippen LogP contribution in [0.3, 0.4) is 0 Å². The maximum absolute atomic E-state index is 6.55. The van der Waals surface area contributed by atoms with Gasteiger partial charge in [-0.2, -0.15) is 0 Å². The number of hydrogen-bond donors (Lipinski definition) is 0. The van der Waals surface area contributed by atoms with Gasteiger partial charge in [-0.3, -0.25) is 0 Å². The van der Waals surface area contributed by atoms with Crippen LogP contribution in [0, 0.1) is 0 Å². The Kier molecular flexibility index (Phi) is 5.78. The van der Waals surface area contributed by atoms with Crippen LogP contribution in [0.15, 0.2) is 168 Å². The zero-order valence-corrected chi connectivity index (χ0v) is 26.2. The van der Waals surface area contributed by atoms with Crippen molar-refractivity contribution >= 4 is 92.1 Å². The molecule has 2 heterocycles. The number of rotatable bonds is 4. The first-order chi connectivity index (χ1) is 23.3. The van der Waals surface area contributed by atoms with E-state index in [0.717, 1.165) is 44.4 Å². The van der Waals surface area contributed by atoms with Crippen molar-refractivity contribution in [3.8, 4) is 11.1 Å². The highest BCUT2D eigenvalue weighted by Crippen LogP contribution is 2.50. The van der Waals surface area contributed by atoms with Crippen molar-refractivity contribution in [3.63, 3.8) is 0 Å². The van der Waals surface area contributed by atoms with Gasteiger partial charge in [0, 0.05) is 31.9 Å². The maximum atomic E-state index is 6.55. The lowest BCUT2D eigenvalue weighted by atomic mass is 9.97. The number of hydrogen-bond acceptors (Lipinski definition) is 3.